The molecule has 17 heavy (non-hydrogen) atoms. The molecule has 2 aliphatic rings. The van der Waals surface area contributed by atoms with Crippen LogP contribution in [0.4, 0.5) is 0 Å². The third-order valence-electron chi connectivity index (χ3n) is 5.10. The van der Waals surface area contributed by atoms with Crippen LogP contribution in [-0.4, -0.2) is 11.8 Å². The van der Waals surface area contributed by atoms with Crippen molar-refractivity contribution in [3.05, 3.63) is 30.3 Å². The molecule has 0 aromatic heterocycles. The SMILES string of the molecule is CC(C)C1CC2C(C)C1CP2c1ccccc1. The van der Waals surface area contributed by atoms with Crippen molar-refractivity contribution in [2.45, 2.75) is 32.9 Å². The van der Waals surface area contributed by atoms with Crippen molar-refractivity contribution in [1.29, 1.82) is 0 Å². The molecule has 0 spiro atoms. The van der Waals surface area contributed by atoms with E-state index in [4.69, 9.17) is 0 Å². The fourth-order valence-corrected chi connectivity index (χ4v) is 7.87. The third-order valence-corrected chi connectivity index (χ3v) is 8.36. The highest BCUT2D eigenvalue weighted by Crippen LogP contribution is 2.65. The van der Waals surface area contributed by atoms with Gasteiger partial charge in [0.1, 0.15) is 0 Å². The highest BCUT2D eigenvalue weighted by Gasteiger charge is 2.51. The second-order valence-electron chi connectivity index (χ2n) is 6.22. The van der Waals surface area contributed by atoms with Crippen LogP contribution in [0.2, 0.25) is 0 Å². The molecule has 92 valence electrons. The summed E-state index contributed by atoms with van der Waals surface area (Å²) in [6.45, 7) is 7.36. The molecule has 5 unspecified atom stereocenters. The summed E-state index contributed by atoms with van der Waals surface area (Å²) in [5, 5.41) is 1.66. The Balaban J connectivity index is 1.82. The fraction of sp³-hybridized carbons (Fsp3) is 0.625. The zero-order valence-electron chi connectivity index (χ0n) is 11.1. The summed E-state index contributed by atoms with van der Waals surface area (Å²) < 4.78 is 0. The summed E-state index contributed by atoms with van der Waals surface area (Å²) in [5.41, 5.74) is 1.02. The normalized spacial score (nSPS) is 40.1. The second kappa shape index (κ2) is 4.39. The van der Waals surface area contributed by atoms with E-state index in [-0.39, 0.29) is 7.92 Å². The predicted molar refractivity (Wildman–Crippen MR) is 77.3 cm³/mol. The van der Waals surface area contributed by atoms with E-state index in [9.17, 15) is 0 Å². The van der Waals surface area contributed by atoms with Crippen LogP contribution in [0.5, 0.6) is 0 Å². The Morgan fingerprint density at radius 1 is 1.18 bits per heavy atom. The first kappa shape index (κ1) is 11.7. The van der Waals surface area contributed by atoms with Crippen molar-refractivity contribution in [3.63, 3.8) is 0 Å². The molecule has 0 nitrogen and oxygen atoms in total. The van der Waals surface area contributed by atoms with Crippen LogP contribution in [-0.2, 0) is 0 Å². The molecule has 1 heteroatoms. The van der Waals surface area contributed by atoms with Gasteiger partial charge in [-0.05, 0) is 47.2 Å². The molecule has 1 heterocycles. The molecule has 0 amide bonds. The Morgan fingerprint density at radius 3 is 2.41 bits per heavy atom. The molecular weight excluding hydrogens is 223 g/mol. The first-order chi connectivity index (χ1) is 8.18. The van der Waals surface area contributed by atoms with Gasteiger partial charge in [0, 0.05) is 0 Å². The van der Waals surface area contributed by atoms with Gasteiger partial charge in [-0.2, -0.15) is 0 Å². The van der Waals surface area contributed by atoms with Gasteiger partial charge in [0.15, 0.2) is 0 Å². The van der Waals surface area contributed by atoms with Crippen LogP contribution in [0.1, 0.15) is 27.2 Å². The molecule has 0 radical (unpaired) electrons. The number of fused-ring (bicyclic) bond motifs is 2. The Hall–Kier alpha value is -0.350. The van der Waals surface area contributed by atoms with Gasteiger partial charge >= 0.3 is 0 Å². The average Bonchev–Trinajstić information content (AvgIpc) is 2.83. The Labute approximate surface area is 107 Å². The lowest BCUT2D eigenvalue weighted by Crippen LogP contribution is -2.22. The highest BCUT2D eigenvalue weighted by molar-refractivity contribution is 7.66. The number of hydrogen-bond donors (Lipinski definition) is 0. The van der Waals surface area contributed by atoms with Crippen LogP contribution >= 0.6 is 7.92 Å². The zero-order valence-corrected chi connectivity index (χ0v) is 12.0. The summed E-state index contributed by atoms with van der Waals surface area (Å²) in [7, 11) is 0.155. The van der Waals surface area contributed by atoms with Crippen LogP contribution in [0.3, 0.4) is 0 Å². The monoisotopic (exact) mass is 246 g/mol. The molecule has 1 aromatic carbocycles. The third kappa shape index (κ3) is 1.85. The van der Waals surface area contributed by atoms with Gasteiger partial charge in [0.25, 0.3) is 0 Å². The Morgan fingerprint density at radius 2 is 1.88 bits per heavy atom. The molecule has 1 saturated carbocycles. The van der Waals surface area contributed by atoms with Crippen LogP contribution < -0.4 is 5.30 Å². The van der Waals surface area contributed by atoms with Crippen molar-refractivity contribution in [2.75, 3.05) is 6.16 Å². The summed E-state index contributed by atoms with van der Waals surface area (Å²) in [6.07, 6.45) is 3.01. The van der Waals surface area contributed by atoms with Crippen molar-refractivity contribution in [3.8, 4) is 0 Å². The van der Waals surface area contributed by atoms with E-state index >= 15 is 0 Å². The van der Waals surface area contributed by atoms with Crippen molar-refractivity contribution < 1.29 is 0 Å². The van der Waals surface area contributed by atoms with E-state index in [0.29, 0.717) is 0 Å². The maximum atomic E-state index is 2.52. The fourth-order valence-electron chi connectivity index (χ4n) is 4.10. The number of hydrogen-bond acceptors (Lipinski definition) is 0. The van der Waals surface area contributed by atoms with E-state index in [2.05, 4.69) is 51.1 Å². The van der Waals surface area contributed by atoms with Gasteiger partial charge in [-0.1, -0.05) is 59.0 Å². The maximum absolute atomic E-state index is 2.52. The lowest BCUT2D eigenvalue weighted by Gasteiger charge is -2.30. The molecule has 5 atom stereocenters. The lowest BCUT2D eigenvalue weighted by molar-refractivity contribution is 0.288. The molecule has 1 saturated heterocycles. The molecule has 3 rings (SSSR count). The number of benzene rings is 1. The van der Waals surface area contributed by atoms with E-state index in [0.717, 1.165) is 29.3 Å². The minimum Gasteiger partial charge on any atom is -0.0716 e. The molecule has 1 aliphatic heterocycles. The predicted octanol–water partition coefficient (Wildman–Crippen LogP) is 4.10. The van der Waals surface area contributed by atoms with Crippen molar-refractivity contribution in [2.24, 2.45) is 23.7 Å². The highest BCUT2D eigenvalue weighted by atomic mass is 31.1. The summed E-state index contributed by atoms with van der Waals surface area (Å²) >= 11 is 0. The standard InChI is InChI=1S/C16H23P/c1-11(2)14-9-16-12(3)15(14)10-17(16)13-7-5-4-6-8-13/h4-8,11-12,14-16H,9-10H2,1-3H3. The van der Waals surface area contributed by atoms with Crippen LogP contribution in [0.25, 0.3) is 0 Å². The summed E-state index contributed by atoms with van der Waals surface area (Å²) in [5.74, 6) is 3.90. The van der Waals surface area contributed by atoms with E-state index in [1.54, 1.807) is 5.30 Å². The molecule has 1 aromatic rings. The van der Waals surface area contributed by atoms with E-state index in [1.807, 2.05) is 0 Å². The lowest BCUT2D eigenvalue weighted by atomic mass is 9.84. The molecule has 1 aliphatic carbocycles. The first-order valence-electron chi connectivity index (χ1n) is 7.00. The molecule has 2 fully saturated rings. The van der Waals surface area contributed by atoms with Crippen molar-refractivity contribution >= 4 is 13.2 Å². The Bertz CT molecular complexity index is 384. The van der Waals surface area contributed by atoms with E-state index < -0.39 is 0 Å². The minimum absolute atomic E-state index is 0.155. The zero-order chi connectivity index (χ0) is 12.0. The minimum atomic E-state index is 0.155. The topological polar surface area (TPSA) is 0 Å². The first-order valence-corrected chi connectivity index (χ1v) is 8.59. The molecule has 0 N–H and O–H groups in total. The summed E-state index contributed by atoms with van der Waals surface area (Å²) in [4.78, 5) is 0. The van der Waals surface area contributed by atoms with Gasteiger partial charge in [-0.3, -0.25) is 0 Å². The van der Waals surface area contributed by atoms with Gasteiger partial charge in [-0.15, -0.1) is 0 Å². The van der Waals surface area contributed by atoms with Gasteiger partial charge in [-0.25, -0.2) is 0 Å². The van der Waals surface area contributed by atoms with Gasteiger partial charge in [0.2, 0.25) is 0 Å². The van der Waals surface area contributed by atoms with Gasteiger partial charge < -0.3 is 0 Å². The quantitative estimate of drug-likeness (QED) is 0.689. The van der Waals surface area contributed by atoms with Crippen molar-refractivity contribution in [1.82, 2.24) is 0 Å². The smallest absolute Gasteiger partial charge is 0.0137 e. The number of rotatable bonds is 2. The maximum Gasteiger partial charge on any atom is -0.0137 e. The largest absolute Gasteiger partial charge is 0.0716 e. The average molecular weight is 246 g/mol. The Kier molecular flexibility index (Phi) is 3.03. The van der Waals surface area contributed by atoms with Crippen LogP contribution in [0.15, 0.2) is 30.3 Å². The van der Waals surface area contributed by atoms with E-state index in [1.165, 1.54) is 12.6 Å². The van der Waals surface area contributed by atoms with Gasteiger partial charge in [0.05, 0.1) is 0 Å². The second-order valence-corrected chi connectivity index (χ2v) is 8.71. The summed E-state index contributed by atoms with van der Waals surface area (Å²) in [6, 6.07) is 11.3. The molecule has 2 bridgehead atoms. The van der Waals surface area contributed by atoms with Crippen LogP contribution in [0, 0.1) is 23.7 Å². The molecular formula is C16H23P.